The van der Waals surface area contributed by atoms with Crippen molar-refractivity contribution in [1.82, 2.24) is 15.5 Å². The van der Waals surface area contributed by atoms with Crippen LogP contribution >= 0.6 is 35.3 Å². The monoisotopic (exact) mass is 518 g/mol. The fourth-order valence-electron chi connectivity index (χ4n) is 3.21. The summed E-state index contributed by atoms with van der Waals surface area (Å²) in [5.74, 6) is 0.577. The van der Waals surface area contributed by atoms with Crippen LogP contribution < -0.4 is 10.6 Å². The van der Waals surface area contributed by atoms with Gasteiger partial charge >= 0.3 is 0 Å². The molecule has 2 heterocycles. The van der Waals surface area contributed by atoms with Gasteiger partial charge in [-0.05, 0) is 29.5 Å². The number of nitrogens with one attached hydrogen (secondary N) is 2. The molecule has 0 aliphatic carbocycles. The molecule has 8 heteroatoms. The Morgan fingerprint density at radius 2 is 2.00 bits per heavy atom. The molecule has 28 heavy (non-hydrogen) atoms. The molecule has 1 aromatic heterocycles. The van der Waals surface area contributed by atoms with Gasteiger partial charge in [0, 0.05) is 38.1 Å². The Morgan fingerprint density at radius 1 is 1.21 bits per heavy atom. The third-order valence-corrected chi connectivity index (χ3v) is 5.66. The van der Waals surface area contributed by atoms with Crippen molar-refractivity contribution in [3.05, 3.63) is 58.0 Å². The number of hydrogen-bond acceptors (Lipinski definition) is 4. The van der Waals surface area contributed by atoms with E-state index in [1.165, 1.54) is 10.9 Å². The summed E-state index contributed by atoms with van der Waals surface area (Å²) in [6.45, 7) is 4.81. The Hall–Kier alpha value is -1.23. The average molecular weight is 518 g/mol. The lowest BCUT2D eigenvalue weighted by Crippen LogP contribution is -2.46. The minimum Gasteiger partial charge on any atom is -0.379 e. The minimum atomic E-state index is -0.160. The second-order valence-electron chi connectivity index (χ2n) is 6.40. The first-order chi connectivity index (χ1) is 13.3. The van der Waals surface area contributed by atoms with E-state index in [0.717, 1.165) is 38.8 Å². The topological polar surface area (TPSA) is 48.9 Å². The molecule has 0 radical (unpaired) electrons. The molecule has 2 aromatic rings. The van der Waals surface area contributed by atoms with E-state index in [0.29, 0.717) is 24.6 Å². The second kappa shape index (κ2) is 12.4. The molecule has 2 N–H and O–H groups in total. The first-order valence-electron chi connectivity index (χ1n) is 9.31. The van der Waals surface area contributed by atoms with Crippen molar-refractivity contribution in [2.45, 2.75) is 12.5 Å². The predicted molar refractivity (Wildman–Crippen MR) is 124 cm³/mol. The van der Waals surface area contributed by atoms with Crippen molar-refractivity contribution in [2.75, 3.05) is 46.4 Å². The van der Waals surface area contributed by atoms with E-state index in [9.17, 15) is 4.39 Å². The number of nitrogens with zero attached hydrogens (tertiary/aromatic N) is 2. The summed E-state index contributed by atoms with van der Waals surface area (Å²) in [6.07, 6.45) is 0.616. The number of halogens is 2. The lowest BCUT2D eigenvalue weighted by molar-refractivity contribution is 0.0177. The van der Waals surface area contributed by atoms with Gasteiger partial charge in [-0.15, -0.1) is 35.3 Å². The highest BCUT2D eigenvalue weighted by atomic mass is 127. The normalized spacial score (nSPS) is 16.3. The Kier molecular flexibility index (Phi) is 10.2. The number of guanidine groups is 1. The number of hydrogen-bond donors (Lipinski definition) is 2. The van der Waals surface area contributed by atoms with Gasteiger partial charge in [-0.2, -0.15) is 0 Å². The predicted octanol–water partition coefficient (Wildman–Crippen LogP) is 3.29. The number of morpholine rings is 1. The van der Waals surface area contributed by atoms with Crippen LogP contribution in [-0.2, 0) is 11.2 Å². The summed E-state index contributed by atoms with van der Waals surface area (Å²) in [7, 11) is 1.76. The number of aliphatic imine (C=N–C) groups is 1. The van der Waals surface area contributed by atoms with Crippen molar-refractivity contribution >= 4 is 41.3 Å². The molecule has 1 aliphatic rings. The Balaban J connectivity index is 0.00000280. The highest BCUT2D eigenvalue weighted by Crippen LogP contribution is 2.25. The van der Waals surface area contributed by atoms with Crippen molar-refractivity contribution in [3.63, 3.8) is 0 Å². The summed E-state index contributed by atoms with van der Waals surface area (Å²) in [6, 6.07) is 11.5. The molecule has 1 aliphatic heterocycles. The van der Waals surface area contributed by atoms with E-state index in [-0.39, 0.29) is 29.8 Å². The maximum absolute atomic E-state index is 13.7. The van der Waals surface area contributed by atoms with Crippen LogP contribution in [0.5, 0.6) is 0 Å². The number of ether oxygens (including phenoxy) is 1. The van der Waals surface area contributed by atoms with Crippen molar-refractivity contribution in [1.29, 1.82) is 0 Å². The Bertz CT molecular complexity index is 723. The molecule has 154 valence electrons. The highest BCUT2D eigenvalue weighted by molar-refractivity contribution is 14.0. The smallest absolute Gasteiger partial charge is 0.191 e. The largest absolute Gasteiger partial charge is 0.379 e. The van der Waals surface area contributed by atoms with Crippen LogP contribution in [0.1, 0.15) is 16.5 Å². The zero-order valence-electron chi connectivity index (χ0n) is 16.1. The summed E-state index contributed by atoms with van der Waals surface area (Å²) < 4.78 is 19.2. The van der Waals surface area contributed by atoms with E-state index >= 15 is 0 Å². The first kappa shape index (κ1) is 23.1. The first-order valence-corrected chi connectivity index (χ1v) is 10.2. The Morgan fingerprint density at radius 3 is 2.68 bits per heavy atom. The quantitative estimate of drug-likeness (QED) is 0.336. The number of benzene rings is 1. The highest BCUT2D eigenvalue weighted by Gasteiger charge is 2.23. The zero-order valence-corrected chi connectivity index (χ0v) is 19.2. The van der Waals surface area contributed by atoms with Gasteiger partial charge in [0.05, 0.1) is 19.3 Å². The van der Waals surface area contributed by atoms with Gasteiger partial charge in [0.25, 0.3) is 0 Å². The molecule has 0 spiro atoms. The molecule has 1 aromatic carbocycles. The molecule has 1 saturated heterocycles. The molecule has 0 amide bonds. The van der Waals surface area contributed by atoms with Crippen LogP contribution in [0, 0.1) is 5.82 Å². The van der Waals surface area contributed by atoms with Crippen molar-refractivity contribution in [3.8, 4) is 0 Å². The van der Waals surface area contributed by atoms with Gasteiger partial charge in [0.2, 0.25) is 0 Å². The summed E-state index contributed by atoms with van der Waals surface area (Å²) in [5, 5.41) is 8.82. The molecular formula is C20H28FIN4OS. The van der Waals surface area contributed by atoms with E-state index < -0.39 is 0 Å². The standard InChI is InChI=1S/C20H27FN4OS.HI/c1-22-20(23-9-8-16-5-2-3-6-17(16)21)24-15-18(19-7-4-14-27-19)25-10-12-26-13-11-25;/h2-7,14,18H,8-13,15H2,1H3,(H2,22,23,24);1H. The molecule has 3 rings (SSSR count). The third-order valence-electron chi connectivity index (χ3n) is 4.69. The van der Waals surface area contributed by atoms with Gasteiger partial charge in [0.1, 0.15) is 5.82 Å². The lowest BCUT2D eigenvalue weighted by Gasteiger charge is -2.34. The van der Waals surface area contributed by atoms with Crippen LogP contribution in [0.4, 0.5) is 4.39 Å². The van der Waals surface area contributed by atoms with Crippen LogP contribution in [-0.4, -0.2) is 57.3 Å². The fourth-order valence-corrected chi connectivity index (χ4v) is 4.07. The van der Waals surface area contributed by atoms with E-state index in [4.69, 9.17) is 4.74 Å². The third kappa shape index (κ3) is 6.68. The maximum Gasteiger partial charge on any atom is 0.191 e. The van der Waals surface area contributed by atoms with Crippen molar-refractivity contribution < 1.29 is 9.13 Å². The zero-order chi connectivity index (χ0) is 18.9. The lowest BCUT2D eigenvalue weighted by atomic mass is 10.1. The van der Waals surface area contributed by atoms with Gasteiger partial charge < -0.3 is 15.4 Å². The number of rotatable bonds is 7. The van der Waals surface area contributed by atoms with Gasteiger partial charge in [-0.25, -0.2) is 4.39 Å². The van der Waals surface area contributed by atoms with Crippen LogP contribution in [0.15, 0.2) is 46.8 Å². The SMILES string of the molecule is CN=C(NCCc1ccccc1F)NCC(c1cccs1)N1CCOCC1.I. The average Bonchev–Trinajstić information content (AvgIpc) is 3.23. The molecule has 5 nitrogen and oxygen atoms in total. The van der Waals surface area contributed by atoms with E-state index in [1.807, 2.05) is 12.1 Å². The number of thiophene rings is 1. The summed E-state index contributed by atoms with van der Waals surface area (Å²) >= 11 is 1.78. The molecule has 0 bridgehead atoms. The maximum atomic E-state index is 13.7. The van der Waals surface area contributed by atoms with Gasteiger partial charge in [0.15, 0.2) is 5.96 Å². The van der Waals surface area contributed by atoms with Gasteiger partial charge in [-0.3, -0.25) is 9.89 Å². The van der Waals surface area contributed by atoms with Crippen molar-refractivity contribution in [2.24, 2.45) is 4.99 Å². The summed E-state index contributed by atoms with van der Waals surface area (Å²) in [4.78, 5) is 8.09. The van der Waals surface area contributed by atoms with E-state index in [1.54, 1.807) is 24.5 Å². The molecule has 1 fully saturated rings. The fraction of sp³-hybridized carbons (Fsp3) is 0.450. The molecule has 1 unspecified atom stereocenters. The Labute approximate surface area is 187 Å². The summed E-state index contributed by atoms with van der Waals surface area (Å²) in [5.41, 5.74) is 0.713. The molecule has 1 atom stereocenters. The van der Waals surface area contributed by atoms with E-state index in [2.05, 4.69) is 38.0 Å². The minimum absolute atomic E-state index is 0. The van der Waals surface area contributed by atoms with Crippen LogP contribution in [0.2, 0.25) is 0 Å². The molecular weight excluding hydrogens is 490 g/mol. The van der Waals surface area contributed by atoms with Gasteiger partial charge in [-0.1, -0.05) is 24.3 Å². The molecule has 0 saturated carbocycles. The van der Waals surface area contributed by atoms with Crippen LogP contribution in [0.25, 0.3) is 0 Å². The second-order valence-corrected chi connectivity index (χ2v) is 7.38. The van der Waals surface area contributed by atoms with Crippen LogP contribution in [0.3, 0.4) is 0 Å².